The zero-order valence-corrected chi connectivity index (χ0v) is 10.8. The highest BCUT2D eigenvalue weighted by Gasteiger charge is 2.32. The predicted octanol–water partition coefficient (Wildman–Crippen LogP) is 3.23. The molecule has 3 atom stereocenters. The van der Waals surface area contributed by atoms with Gasteiger partial charge in [0.2, 0.25) is 5.95 Å². The molecule has 1 aromatic rings. The molecule has 0 radical (unpaired) electrons. The number of anilines is 1. The summed E-state index contributed by atoms with van der Waals surface area (Å²) in [7, 11) is 0. The van der Waals surface area contributed by atoms with Gasteiger partial charge in [0, 0.05) is 18.8 Å². The van der Waals surface area contributed by atoms with Crippen LogP contribution in [0.5, 0.6) is 0 Å². The molecule has 1 aliphatic rings. The Kier molecular flexibility index (Phi) is 3.22. The summed E-state index contributed by atoms with van der Waals surface area (Å²) in [6.45, 7) is 9.86. The average molecular weight is 221 g/mol. The Labute approximate surface area is 98.3 Å². The highest BCUT2D eigenvalue weighted by Crippen LogP contribution is 2.41. The Morgan fingerprint density at radius 3 is 2.75 bits per heavy atom. The molecule has 3 heteroatoms. The zero-order chi connectivity index (χ0) is 11.7. The van der Waals surface area contributed by atoms with Gasteiger partial charge in [0.15, 0.2) is 0 Å². The number of aromatic nitrogens is 2. The molecular formula is C13H23N3. The van der Waals surface area contributed by atoms with Crippen LogP contribution in [-0.4, -0.2) is 16.1 Å². The molecular weight excluding hydrogens is 198 g/mol. The van der Waals surface area contributed by atoms with Crippen molar-refractivity contribution in [1.82, 2.24) is 9.55 Å². The van der Waals surface area contributed by atoms with E-state index in [4.69, 9.17) is 0 Å². The van der Waals surface area contributed by atoms with Gasteiger partial charge in [-0.2, -0.15) is 0 Å². The predicted molar refractivity (Wildman–Crippen MR) is 67.7 cm³/mol. The van der Waals surface area contributed by atoms with Crippen LogP contribution in [0.2, 0.25) is 0 Å². The van der Waals surface area contributed by atoms with E-state index in [1.807, 2.05) is 0 Å². The van der Waals surface area contributed by atoms with E-state index < -0.39 is 0 Å². The first-order valence-corrected chi connectivity index (χ1v) is 6.42. The molecule has 0 spiro atoms. The van der Waals surface area contributed by atoms with Gasteiger partial charge in [-0.3, -0.25) is 0 Å². The summed E-state index contributed by atoms with van der Waals surface area (Å²) >= 11 is 0. The summed E-state index contributed by atoms with van der Waals surface area (Å²) in [6, 6.07) is 0.630. The van der Waals surface area contributed by atoms with Crippen LogP contribution < -0.4 is 5.32 Å². The second-order valence-corrected chi connectivity index (χ2v) is 5.12. The van der Waals surface area contributed by atoms with Gasteiger partial charge in [0.05, 0.1) is 5.69 Å². The van der Waals surface area contributed by atoms with E-state index in [1.165, 1.54) is 12.8 Å². The van der Waals surface area contributed by atoms with Crippen molar-refractivity contribution in [2.45, 2.75) is 46.6 Å². The highest BCUT2D eigenvalue weighted by molar-refractivity contribution is 5.29. The minimum absolute atomic E-state index is 0.630. The number of imidazole rings is 1. The fourth-order valence-electron chi connectivity index (χ4n) is 2.79. The highest BCUT2D eigenvalue weighted by atomic mass is 15.2. The molecule has 0 aliphatic heterocycles. The molecule has 3 nitrogen and oxygen atoms in total. The Hall–Kier alpha value is -0.990. The average Bonchev–Trinajstić information content (AvgIpc) is 2.74. The van der Waals surface area contributed by atoms with Gasteiger partial charge in [-0.05, 0) is 38.5 Å². The van der Waals surface area contributed by atoms with Crippen molar-refractivity contribution in [2.75, 3.05) is 11.9 Å². The molecule has 0 saturated heterocycles. The zero-order valence-electron chi connectivity index (χ0n) is 10.8. The summed E-state index contributed by atoms with van der Waals surface area (Å²) in [5, 5.41) is 3.36. The summed E-state index contributed by atoms with van der Waals surface area (Å²) in [5.41, 5.74) is 1.11. The van der Waals surface area contributed by atoms with E-state index in [0.717, 1.165) is 30.0 Å². The lowest BCUT2D eigenvalue weighted by atomic mass is 9.98. The van der Waals surface area contributed by atoms with Gasteiger partial charge in [0.25, 0.3) is 0 Å². The van der Waals surface area contributed by atoms with E-state index >= 15 is 0 Å². The third kappa shape index (κ3) is 1.95. The van der Waals surface area contributed by atoms with Gasteiger partial charge in [-0.25, -0.2) is 4.98 Å². The first-order valence-electron chi connectivity index (χ1n) is 6.42. The molecule has 1 heterocycles. The lowest BCUT2D eigenvalue weighted by molar-refractivity contribution is 0.355. The third-order valence-electron chi connectivity index (χ3n) is 3.97. The molecule has 1 saturated carbocycles. The van der Waals surface area contributed by atoms with Crippen molar-refractivity contribution in [1.29, 1.82) is 0 Å². The van der Waals surface area contributed by atoms with Crippen LogP contribution in [0.25, 0.3) is 0 Å². The largest absolute Gasteiger partial charge is 0.356 e. The lowest BCUT2D eigenvalue weighted by Gasteiger charge is -2.21. The number of aryl methyl sites for hydroxylation is 1. The van der Waals surface area contributed by atoms with Crippen molar-refractivity contribution in [3.63, 3.8) is 0 Å². The third-order valence-corrected chi connectivity index (χ3v) is 3.97. The number of hydrogen-bond acceptors (Lipinski definition) is 2. The van der Waals surface area contributed by atoms with Gasteiger partial charge < -0.3 is 9.88 Å². The van der Waals surface area contributed by atoms with E-state index in [-0.39, 0.29) is 0 Å². The number of nitrogens with zero attached hydrogens (tertiary/aromatic N) is 2. The molecule has 0 amide bonds. The van der Waals surface area contributed by atoms with Crippen LogP contribution in [0.15, 0.2) is 6.20 Å². The standard InChI is InChI=1S/C13H23N3/c1-5-14-13-15-10(3)8-16(13)12-7-6-9(2)11(12)4/h8-9,11-12H,5-7H2,1-4H3,(H,14,15). The molecule has 90 valence electrons. The number of rotatable bonds is 3. The van der Waals surface area contributed by atoms with Crippen LogP contribution in [0, 0.1) is 18.8 Å². The van der Waals surface area contributed by atoms with Gasteiger partial charge >= 0.3 is 0 Å². The Balaban J connectivity index is 2.25. The van der Waals surface area contributed by atoms with Gasteiger partial charge in [-0.15, -0.1) is 0 Å². The fraction of sp³-hybridized carbons (Fsp3) is 0.769. The van der Waals surface area contributed by atoms with Crippen LogP contribution in [-0.2, 0) is 0 Å². The minimum Gasteiger partial charge on any atom is -0.356 e. The quantitative estimate of drug-likeness (QED) is 0.849. The van der Waals surface area contributed by atoms with Crippen LogP contribution in [0.4, 0.5) is 5.95 Å². The van der Waals surface area contributed by atoms with Crippen molar-refractivity contribution in [3.8, 4) is 0 Å². The van der Waals surface area contributed by atoms with E-state index in [9.17, 15) is 0 Å². The molecule has 0 aromatic carbocycles. The molecule has 1 aromatic heterocycles. The van der Waals surface area contributed by atoms with E-state index in [2.05, 4.69) is 48.8 Å². The Bertz CT molecular complexity index is 356. The lowest BCUT2D eigenvalue weighted by Crippen LogP contribution is -2.16. The first kappa shape index (κ1) is 11.5. The second-order valence-electron chi connectivity index (χ2n) is 5.12. The van der Waals surface area contributed by atoms with Crippen LogP contribution in [0.1, 0.15) is 45.3 Å². The van der Waals surface area contributed by atoms with E-state index in [1.54, 1.807) is 0 Å². The molecule has 1 N–H and O–H groups in total. The van der Waals surface area contributed by atoms with Crippen molar-refractivity contribution < 1.29 is 0 Å². The second kappa shape index (κ2) is 4.48. The normalized spacial score (nSPS) is 29.6. The summed E-state index contributed by atoms with van der Waals surface area (Å²) in [6.07, 6.45) is 4.82. The molecule has 1 fully saturated rings. The molecule has 1 aliphatic carbocycles. The smallest absolute Gasteiger partial charge is 0.203 e. The minimum atomic E-state index is 0.630. The fourth-order valence-corrected chi connectivity index (χ4v) is 2.79. The molecule has 2 rings (SSSR count). The molecule has 16 heavy (non-hydrogen) atoms. The van der Waals surface area contributed by atoms with Crippen LogP contribution >= 0.6 is 0 Å². The van der Waals surface area contributed by atoms with Crippen LogP contribution in [0.3, 0.4) is 0 Å². The number of nitrogens with one attached hydrogen (secondary N) is 1. The monoisotopic (exact) mass is 221 g/mol. The SMILES string of the molecule is CCNc1nc(C)cn1C1CCC(C)C1C. The summed E-state index contributed by atoms with van der Waals surface area (Å²) in [5.74, 6) is 2.64. The van der Waals surface area contributed by atoms with Crippen molar-refractivity contribution in [2.24, 2.45) is 11.8 Å². The van der Waals surface area contributed by atoms with Gasteiger partial charge in [0.1, 0.15) is 0 Å². The Morgan fingerprint density at radius 2 is 2.19 bits per heavy atom. The van der Waals surface area contributed by atoms with E-state index in [0.29, 0.717) is 6.04 Å². The number of hydrogen-bond donors (Lipinski definition) is 1. The Morgan fingerprint density at radius 1 is 1.44 bits per heavy atom. The molecule has 3 unspecified atom stereocenters. The molecule has 0 bridgehead atoms. The van der Waals surface area contributed by atoms with Crippen molar-refractivity contribution in [3.05, 3.63) is 11.9 Å². The topological polar surface area (TPSA) is 29.9 Å². The first-order chi connectivity index (χ1) is 7.63. The maximum absolute atomic E-state index is 4.56. The summed E-state index contributed by atoms with van der Waals surface area (Å²) < 4.78 is 2.35. The van der Waals surface area contributed by atoms with Gasteiger partial charge in [-0.1, -0.05) is 13.8 Å². The maximum atomic E-state index is 4.56. The summed E-state index contributed by atoms with van der Waals surface area (Å²) in [4.78, 5) is 4.56. The maximum Gasteiger partial charge on any atom is 0.203 e. The van der Waals surface area contributed by atoms with Crippen molar-refractivity contribution >= 4 is 5.95 Å².